The normalized spacial score (nSPS) is 13.1. The molecule has 0 saturated heterocycles. The van der Waals surface area contributed by atoms with Crippen LogP contribution in [0.2, 0.25) is 0 Å². The highest BCUT2D eigenvalue weighted by atomic mass is 32.2. The molecule has 120 valence electrons. The Balaban J connectivity index is 3.13. The van der Waals surface area contributed by atoms with Crippen LogP contribution in [0.1, 0.15) is 27.2 Å². The Hall–Kier alpha value is -1.11. The van der Waals surface area contributed by atoms with Crippen molar-refractivity contribution in [3.05, 3.63) is 24.3 Å². The predicted octanol–water partition coefficient (Wildman–Crippen LogP) is 1.80. The van der Waals surface area contributed by atoms with E-state index in [1.165, 1.54) is 0 Å². The van der Waals surface area contributed by atoms with Crippen LogP contribution < -0.4 is 15.4 Å². The minimum atomic E-state index is -3.47. The molecule has 3 N–H and O–H groups in total. The summed E-state index contributed by atoms with van der Waals surface area (Å²) in [7, 11) is -3.47. The minimum absolute atomic E-state index is 0.310. The second-order valence-electron chi connectivity index (χ2n) is 5.25. The highest BCUT2D eigenvalue weighted by Gasteiger charge is 2.21. The molecular weight excluding hydrogens is 286 g/mol. The monoisotopic (exact) mass is 313 g/mol. The highest BCUT2D eigenvalue weighted by Crippen LogP contribution is 2.25. The lowest BCUT2D eigenvalue weighted by Gasteiger charge is -2.28. The Labute approximate surface area is 128 Å². The van der Waals surface area contributed by atoms with Crippen LogP contribution in [0.5, 0.6) is 0 Å². The van der Waals surface area contributed by atoms with E-state index in [1.807, 2.05) is 26.0 Å². The van der Waals surface area contributed by atoms with Gasteiger partial charge < -0.3 is 10.6 Å². The van der Waals surface area contributed by atoms with Crippen LogP contribution in [0.25, 0.3) is 0 Å². The number of hydrogen-bond acceptors (Lipinski definition) is 4. The van der Waals surface area contributed by atoms with Gasteiger partial charge in [0.15, 0.2) is 0 Å². The van der Waals surface area contributed by atoms with E-state index in [2.05, 4.69) is 16.5 Å². The van der Waals surface area contributed by atoms with Gasteiger partial charge in [-0.2, -0.15) is 0 Å². The van der Waals surface area contributed by atoms with Crippen molar-refractivity contribution in [1.29, 1.82) is 0 Å². The first-order chi connectivity index (χ1) is 9.96. The van der Waals surface area contributed by atoms with E-state index in [4.69, 9.17) is 5.73 Å². The molecule has 0 aromatic heterocycles. The molecule has 0 saturated carbocycles. The number of anilines is 1. The Morgan fingerprint density at radius 3 is 2.52 bits per heavy atom. The number of hydrogen-bond donors (Lipinski definition) is 2. The SMILES string of the molecule is CCCNS(=O)(=O)c1ccccc1N(CC)CC(C)CN. The number of benzene rings is 1. The first-order valence-electron chi connectivity index (χ1n) is 7.49. The van der Waals surface area contributed by atoms with Crippen LogP contribution in [-0.2, 0) is 10.0 Å². The van der Waals surface area contributed by atoms with E-state index in [0.717, 1.165) is 25.2 Å². The molecule has 0 amide bonds. The summed E-state index contributed by atoms with van der Waals surface area (Å²) in [5.41, 5.74) is 6.43. The molecule has 6 heteroatoms. The Kier molecular flexibility index (Phi) is 7.14. The summed E-state index contributed by atoms with van der Waals surface area (Å²) in [6, 6.07) is 7.13. The third-order valence-electron chi connectivity index (χ3n) is 3.35. The molecule has 1 atom stereocenters. The van der Waals surface area contributed by atoms with Gasteiger partial charge >= 0.3 is 0 Å². The van der Waals surface area contributed by atoms with Gasteiger partial charge in [-0.1, -0.05) is 26.0 Å². The van der Waals surface area contributed by atoms with E-state index in [-0.39, 0.29) is 0 Å². The van der Waals surface area contributed by atoms with Gasteiger partial charge in [0.1, 0.15) is 4.90 Å². The molecule has 0 aliphatic carbocycles. The lowest BCUT2D eigenvalue weighted by molar-refractivity contribution is 0.567. The van der Waals surface area contributed by atoms with Crippen molar-refractivity contribution < 1.29 is 8.42 Å². The summed E-state index contributed by atoms with van der Waals surface area (Å²) in [5.74, 6) is 0.310. The smallest absolute Gasteiger partial charge is 0.242 e. The maximum atomic E-state index is 12.4. The zero-order valence-corrected chi connectivity index (χ0v) is 14.0. The maximum absolute atomic E-state index is 12.4. The zero-order chi connectivity index (χ0) is 15.9. The van der Waals surface area contributed by atoms with Crippen molar-refractivity contribution in [3.63, 3.8) is 0 Å². The van der Waals surface area contributed by atoms with E-state index in [9.17, 15) is 8.42 Å². The molecule has 1 aromatic carbocycles. The van der Waals surface area contributed by atoms with Crippen LogP contribution >= 0.6 is 0 Å². The fraction of sp³-hybridized carbons (Fsp3) is 0.600. The van der Waals surface area contributed by atoms with Gasteiger partial charge in [-0.25, -0.2) is 13.1 Å². The average Bonchev–Trinajstić information content (AvgIpc) is 2.50. The second-order valence-corrected chi connectivity index (χ2v) is 6.98. The number of sulfonamides is 1. The largest absolute Gasteiger partial charge is 0.370 e. The Morgan fingerprint density at radius 2 is 1.95 bits per heavy atom. The molecule has 0 fully saturated rings. The summed E-state index contributed by atoms with van der Waals surface area (Å²) in [6.07, 6.45) is 0.767. The number of para-hydroxylation sites is 1. The fourth-order valence-electron chi connectivity index (χ4n) is 2.11. The topological polar surface area (TPSA) is 75.4 Å². The van der Waals surface area contributed by atoms with Gasteiger partial charge in [0.25, 0.3) is 0 Å². The molecule has 0 radical (unpaired) electrons. The average molecular weight is 313 g/mol. The Bertz CT molecular complexity index is 531. The molecular formula is C15H27N3O2S. The molecule has 0 heterocycles. The minimum Gasteiger partial charge on any atom is -0.370 e. The Morgan fingerprint density at radius 1 is 1.29 bits per heavy atom. The molecule has 5 nitrogen and oxygen atoms in total. The number of nitrogens with one attached hydrogen (secondary N) is 1. The van der Waals surface area contributed by atoms with Crippen molar-refractivity contribution in [2.75, 3.05) is 31.1 Å². The zero-order valence-electron chi connectivity index (χ0n) is 13.2. The van der Waals surface area contributed by atoms with E-state index in [1.54, 1.807) is 12.1 Å². The number of rotatable bonds is 9. The summed E-state index contributed by atoms with van der Waals surface area (Å²) < 4.78 is 27.5. The van der Waals surface area contributed by atoms with E-state index in [0.29, 0.717) is 23.9 Å². The van der Waals surface area contributed by atoms with E-state index < -0.39 is 10.0 Å². The van der Waals surface area contributed by atoms with Gasteiger partial charge in [0.05, 0.1) is 5.69 Å². The molecule has 1 rings (SSSR count). The van der Waals surface area contributed by atoms with Gasteiger partial charge in [0, 0.05) is 19.6 Å². The molecule has 1 unspecified atom stereocenters. The van der Waals surface area contributed by atoms with Crippen LogP contribution in [0, 0.1) is 5.92 Å². The van der Waals surface area contributed by atoms with Gasteiger partial charge in [0.2, 0.25) is 10.0 Å². The van der Waals surface area contributed by atoms with Gasteiger partial charge in [-0.3, -0.25) is 0 Å². The lowest BCUT2D eigenvalue weighted by Crippen LogP contribution is -2.33. The van der Waals surface area contributed by atoms with Crippen molar-refractivity contribution in [2.45, 2.75) is 32.1 Å². The molecule has 21 heavy (non-hydrogen) atoms. The predicted molar refractivity (Wildman–Crippen MR) is 88.0 cm³/mol. The summed E-state index contributed by atoms with van der Waals surface area (Å²) >= 11 is 0. The van der Waals surface area contributed by atoms with Crippen molar-refractivity contribution in [2.24, 2.45) is 11.7 Å². The fourth-order valence-corrected chi connectivity index (χ4v) is 3.47. The van der Waals surface area contributed by atoms with Crippen LogP contribution in [0.15, 0.2) is 29.2 Å². The first kappa shape index (κ1) is 17.9. The lowest BCUT2D eigenvalue weighted by atomic mass is 10.1. The maximum Gasteiger partial charge on any atom is 0.242 e. The first-order valence-corrected chi connectivity index (χ1v) is 8.98. The third-order valence-corrected chi connectivity index (χ3v) is 4.86. The third kappa shape index (κ3) is 4.98. The summed E-state index contributed by atoms with van der Waals surface area (Å²) in [4.78, 5) is 2.41. The van der Waals surface area contributed by atoms with E-state index >= 15 is 0 Å². The number of nitrogens with two attached hydrogens (primary N) is 1. The molecule has 1 aromatic rings. The number of nitrogens with zero attached hydrogens (tertiary/aromatic N) is 1. The molecule has 0 aliphatic heterocycles. The van der Waals surface area contributed by atoms with Gasteiger partial charge in [-0.15, -0.1) is 0 Å². The van der Waals surface area contributed by atoms with Crippen molar-refractivity contribution in [1.82, 2.24) is 4.72 Å². The highest BCUT2D eigenvalue weighted by molar-refractivity contribution is 7.89. The quantitative estimate of drug-likeness (QED) is 0.729. The van der Waals surface area contributed by atoms with Crippen molar-refractivity contribution >= 4 is 15.7 Å². The van der Waals surface area contributed by atoms with Crippen LogP contribution in [0.3, 0.4) is 0 Å². The molecule has 0 spiro atoms. The standard InChI is InChI=1S/C15H27N3O2S/c1-4-10-17-21(19,20)15-9-7-6-8-14(15)18(5-2)12-13(3)11-16/h6-9,13,17H,4-5,10-12,16H2,1-3H3. The molecule has 0 bridgehead atoms. The summed E-state index contributed by atoms with van der Waals surface area (Å²) in [6.45, 7) is 8.54. The van der Waals surface area contributed by atoms with Crippen LogP contribution in [-0.4, -0.2) is 34.6 Å². The van der Waals surface area contributed by atoms with Crippen molar-refractivity contribution in [3.8, 4) is 0 Å². The van der Waals surface area contributed by atoms with Gasteiger partial charge in [-0.05, 0) is 37.9 Å². The molecule has 0 aliphatic rings. The van der Waals surface area contributed by atoms with Crippen LogP contribution in [0.4, 0.5) is 5.69 Å². The summed E-state index contributed by atoms with van der Waals surface area (Å²) in [5, 5.41) is 0. The second kappa shape index (κ2) is 8.36.